The van der Waals surface area contributed by atoms with Crippen molar-refractivity contribution in [3.63, 3.8) is 0 Å². The lowest BCUT2D eigenvalue weighted by Gasteiger charge is -2.10. The van der Waals surface area contributed by atoms with Gasteiger partial charge in [-0.2, -0.15) is 0 Å². The predicted octanol–water partition coefficient (Wildman–Crippen LogP) is 3.98. The molecule has 0 atom stereocenters. The summed E-state index contributed by atoms with van der Waals surface area (Å²) in [5, 5.41) is 0. The molecule has 3 heteroatoms. The largest absolute Gasteiger partial charge is 0.495 e. The van der Waals surface area contributed by atoms with Gasteiger partial charge in [0.1, 0.15) is 18.1 Å². The van der Waals surface area contributed by atoms with E-state index in [-0.39, 0.29) is 0 Å². The van der Waals surface area contributed by atoms with Crippen LogP contribution < -0.4 is 15.2 Å². The van der Waals surface area contributed by atoms with Gasteiger partial charge in [-0.1, -0.05) is 32.0 Å². The molecule has 0 amide bonds. The highest BCUT2D eigenvalue weighted by Crippen LogP contribution is 2.23. The summed E-state index contributed by atoms with van der Waals surface area (Å²) in [6.07, 6.45) is 0. The summed E-state index contributed by atoms with van der Waals surface area (Å²) in [5.41, 5.74) is 8.84. The molecule has 2 N–H and O–H groups in total. The first-order valence-electron chi connectivity index (χ1n) is 6.75. The van der Waals surface area contributed by atoms with Crippen molar-refractivity contribution >= 4 is 5.69 Å². The Balaban J connectivity index is 1.99. The number of nitrogens with two attached hydrogens (primary N) is 1. The Morgan fingerprint density at radius 1 is 1.05 bits per heavy atom. The smallest absolute Gasteiger partial charge is 0.141 e. The van der Waals surface area contributed by atoms with Crippen LogP contribution in [0.15, 0.2) is 42.5 Å². The Hall–Kier alpha value is -2.16. The van der Waals surface area contributed by atoms with Crippen molar-refractivity contribution in [2.75, 3.05) is 12.8 Å². The summed E-state index contributed by atoms with van der Waals surface area (Å²) >= 11 is 0. The maximum atomic E-state index is 5.87. The minimum Gasteiger partial charge on any atom is -0.495 e. The third-order valence-corrected chi connectivity index (χ3v) is 3.25. The Labute approximate surface area is 120 Å². The fourth-order valence-electron chi connectivity index (χ4n) is 1.99. The highest BCUT2D eigenvalue weighted by Gasteiger charge is 2.03. The number of anilines is 1. The van der Waals surface area contributed by atoms with Gasteiger partial charge in [0, 0.05) is 0 Å². The summed E-state index contributed by atoms with van der Waals surface area (Å²) in [5.74, 6) is 2.09. The van der Waals surface area contributed by atoms with Crippen molar-refractivity contribution in [3.8, 4) is 11.5 Å². The molecule has 2 rings (SSSR count). The molecule has 0 aliphatic rings. The molecule has 0 spiro atoms. The van der Waals surface area contributed by atoms with E-state index in [9.17, 15) is 0 Å². The predicted molar refractivity (Wildman–Crippen MR) is 82.3 cm³/mol. The van der Waals surface area contributed by atoms with Gasteiger partial charge >= 0.3 is 0 Å². The summed E-state index contributed by atoms with van der Waals surface area (Å²) in [7, 11) is 1.61. The molecule has 0 fully saturated rings. The van der Waals surface area contributed by atoms with Crippen molar-refractivity contribution in [2.24, 2.45) is 0 Å². The first-order chi connectivity index (χ1) is 9.60. The Bertz CT molecular complexity index is 562. The third kappa shape index (κ3) is 3.44. The monoisotopic (exact) mass is 271 g/mol. The zero-order valence-electron chi connectivity index (χ0n) is 12.2. The quantitative estimate of drug-likeness (QED) is 0.836. The van der Waals surface area contributed by atoms with Crippen LogP contribution >= 0.6 is 0 Å². The molecule has 2 aromatic rings. The van der Waals surface area contributed by atoms with E-state index in [1.807, 2.05) is 30.3 Å². The lowest BCUT2D eigenvalue weighted by molar-refractivity contribution is 0.306. The zero-order valence-corrected chi connectivity index (χ0v) is 12.2. The molecule has 106 valence electrons. The van der Waals surface area contributed by atoms with Crippen LogP contribution in [0.2, 0.25) is 0 Å². The summed E-state index contributed by atoms with van der Waals surface area (Å²) < 4.78 is 10.9. The molecule has 20 heavy (non-hydrogen) atoms. The molecule has 0 saturated heterocycles. The number of nitrogen functional groups attached to an aromatic ring is 1. The minimum atomic E-state index is 0.495. The van der Waals surface area contributed by atoms with Crippen LogP contribution in [0.25, 0.3) is 0 Å². The third-order valence-electron chi connectivity index (χ3n) is 3.25. The number of ether oxygens (including phenoxy) is 2. The minimum absolute atomic E-state index is 0.495. The lowest BCUT2D eigenvalue weighted by atomic mass is 10.0. The van der Waals surface area contributed by atoms with Gasteiger partial charge in [-0.05, 0) is 41.3 Å². The van der Waals surface area contributed by atoms with E-state index in [0.717, 1.165) is 11.3 Å². The molecule has 0 unspecified atom stereocenters. The highest BCUT2D eigenvalue weighted by atomic mass is 16.5. The second kappa shape index (κ2) is 6.33. The van der Waals surface area contributed by atoms with Gasteiger partial charge in [0.25, 0.3) is 0 Å². The maximum Gasteiger partial charge on any atom is 0.141 e. The molecule has 0 radical (unpaired) electrons. The molecular formula is C17H21NO2. The Morgan fingerprint density at radius 2 is 1.75 bits per heavy atom. The molecule has 0 aliphatic carbocycles. The van der Waals surface area contributed by atoms with E-state index >= 15 is 0 Å². The summed E-state index contributed by atoms with van der Waals surface area (Å²) in [6, 6.07) is 13.9. The Morgan fingerprint density at radius 3 is 2.30 bits per heavy atom. The molecule has 0 saturated carbocycles. The molecule has 0 bridgehead atoms. The van der Waals surface area contributed by atoms with E-state index in [1.54, 1.807) is 7.11 Å². The standard InChI is InChI=1S/C17H21NO2/c1-12(2)14-5-7-15(8-6-14)20-11-13-4-9-17(19-3)16(18)10-13/h4-10,12H,11,18H2,1-3H3. The van der Waals surface area contributed by atoms with Crippen molar-refractivity contribution < 1.29 is 9.47 Å². The average molecular weight is 271 g/mol. The first kappa shape index (κ1) is 14.3. The van der Waals surface area contributed by atoms with Crippen molar-refractivity contribution in [2.45, 2.75) is 26.4 Å². The van der Waals surface area contributed by atoms with Crippen LogP contribution in [0.1, 0.15) is 30.9 Å². The van der Waals surface area contributed by atoms with Gasteiger partial charge in [-0.15, -0.1) is 0 Å². The zero-order chi connectivity index (χ0) is 14.5. The normalized spacial score (nSPS) is 10.6. The van der Waals surface area contributed by atoms with Gasteiger partial charge in [-0.25, -0.2) is 0 Å². The lowest BCUT2D eigenvalue weighted by Crippen LogP contribution is -1.98. The van der Waals surface area contributed by atoms with Gasteiger partial charge in [-0.3, -0.25) is 0 Å². The average Bonchev–Trinajstić information content (AvgIpc) is 2.45. The highest BCUT2D eigenvalue weighted by molar-refractivity contribution is 5.54. The van der Waals surface area contributed by atoms with E-state index in [2.05, 4.69) is 26.0 Å². The number of hydrogen-bond acceptors (Lipinski definition) is 3. The molecular weight excluding hydrogens is 250 g/mol. The van der Waals surface area contributed by atoms with Crippen LogP contribution in [-0.4, -0.2) is 7.11 Å². The fraction of sp³-hybridized carbons (Fsp3) is 0.294. The number of methoxy groups -OCH3 is 1. The molecule has 0 heterocycles. The fourth-order valence-corrected chi connectivity index (χ4v) is 1.99. The van der Waals surface area contributed by atoms with Gasteiger partial charge in [0.2, 0.25) is 0 Å². The second-order valence-corrected chi connectivity index (χ2v) is 5.09. The number of rotatable bonds is 5. The SMILES string of the molecule is COc1ccc(COc2ccc(C(C)C)cc2)cc1N. The molecule has 0 aromatic heterocycles. The van der Waals surface area contributed by atoms with Crippen molar-refractivity contribution in [1.29, 1.82) is 0 Å². The molecule has 2 aromatic carbocycles. The van der Waals surface area contributed by atoms with Crippen LogP contribution in [0.3, 0.4) is 0 Å². The van der Waals surface area contributed by atoms with E-state index in [1.165, 1.54) is 5.56 Å². The summed E-state index contributed by atoms with van der Waals surface area (Å²) in [6.45, 7) is 4.85. The van der Waals surface area contributed by atoms with Crippen molar-refractivity contribution in [3.05, 3.63) is 53.6 Å². The number of benzene rings is 2. The first-order valence-corrected chi connectivity index (χ1v) is 6.75. The second-order valence-electron chi connectivity index (χ2n) is 5.09. The Kier molecular flexibility index (Phi) is 4.51. The topological polar surface area (TPSA) is 44.5 Å². The van der Waals surface area contributed by atoms with E-state index in [0.29, 0.717) is 24.0 Å². The van der Waals surface area contributed by atoms with Crippen LogP contribution in [-0.2, 0) is 6.61 Å². The number of hydrogen-bond donors (Lipinski definition) is 1. The van der Waals surface area contributed by atoms with Gasteiger partial charge in [0.15, 0.2) is 0 Å². The van der Waals surface area contributed by atoms with Crippen molar-refractivity contribution in [1.82, 2.24) is 0 Å². The summed E-state index contributed by atoms with van der Waals surface area (Å²) in [4.78, 5) is 0. The van der Waals surface area contributed by atoms with E-state index in [4.69, 9.17) is 15.2 Å². The van der Waals surface area contributed by atoms with E-state index < -0.39 is 0 Å². The van der Waals surface area contributed by atoms with Gasteiger partial charge in [0.05, 0.1) is 12.8 Å². The van der Waals surface area contributed by atoms with Gasteiger partial charge < -0.3 is 15.2 Å². The molecule has 0 aliphatic heterocycles. The molecule has 3 nitrogen and oxygen atoms in total. The van der Waals surface area contributed by atoms with Crippen LogP contribution in [0, 0.1) is 0 Å². The maximum absolute atomic E-state index is 5.87. The van der Waals surface area contributed by atoms with Crippen LogP contribution in [0.5, 0.6) is 11.5 Å². The van der Waals surface area contributed by atoms with Crippen LogP contribution in [0.4, 0.5) is 5.69 Å².